The Bertz CT molecular complexity index is 618. The molecule has 0 amide bonds. The van der Waals surface area contributed by atoms with E-state index in [1.165, 1.54) is 0 Å². The van der Waals surface area contributed by atoms with Gasteiger partial charge >= 0.3 is 0 Å². The molecule has 4 nitrogen and oxygen atoms in total. The molecule has 22 heavy (non-hydrogen) atoms. The molecule has 0 bridgehead atoms. The fourth-order valence-corrected chi connectivity index (χ4v) is 2.32. The van der Waals surface area contributed by atoms with E-state index < -0.39 is 0 Å². The minimum absolute atomic E-state index is 0.373. The Balaban J connectivity index is 2.28. The molecule has 0 aliphatic heterocycles. The molecule has 0 aliphatic carbocycles. The predicted molar refractivity (Wildman–Crippen MR) is 91.2 cm³/mol. The zero-order valence-corrected chi connectivity index (χ0v) is 13.4. The number of nitrogens with one attached hydrogen (secondary N) is 2. The van der Waals surface area contributed by atoms with E-state index in [4.69, 9.17) is 10.1 Å². The van der Waals surface area contributed by atoms with Gasteiger partial charge in [-0.15, -0.1) is 0 Å². The summed E-state index contributed by atoms with van der Waals surface area (Å²) in [6.07, 6.45) is 3.82. The van der Waals surface area contributed by atoms with Crippen LogP contribution in [-0.4, -0.2) is 23.8 Å². The second-order valence-corrected chi connectivity index (χ2v) is 5.16. The molecule has 1 aromatic heterocycles. The fourth-order valence-electron chi connectivity index (χ4n) is 2.32. The van der Waals surface area contributed by atoms with Crippen LogP contribution in [0.15, 0.2) is 42.6 Å². The summed E-state index contributed by atoms with van der Waals surface area (Å²) < 4.78 is 5.16. The van der Waals surface area contributed by atoms with Crippen molar-refractivity contribution >= 4 is 11.5 Å². The third-order valence-corrected chi connectivity index (χ3v) is 3.78. The molecule has 0 saturated carbocycles. The SMILES string of the molecule is CCC(CC)Nc1ncccc1C(=N)c1ccc(OC)cc1. The van der Waals surface area contributed by atoms with Gasteiger partial charge in [0.05, 0.1) is 12.8 Å². The third kappa shape index (κ3) is 3.64. The molecule has 1 aromatic carbocycles. The Hall–Kier alpha value is -2.36. The van der Waals surface area contributed by atoms with Crippen LogP contribution >= 0.6 is 0 Å². The molecule has 4 heteroatoms. The number of anilines is 1. The van der Waals surface area contributed by atoms with E-state index in [1.54, 1.807) is 13.3 Å². The Morgan fingerprint density at radius 3 is 2.45 bits per heavy atom. The van der Waals surface area contributed by atoms with Crippen LogP contribution < -0.4 is 10.1 Å². The Morgan fingerprint density at radius 1 is 1.18 bits per heavy atom. The first-order valence-electron chi connectivity index (χ1n) is 7.64. The van der Waals surface area contributed by atoms with E-state index in [9.17, 15) is 0 Å². The van der Waals surface area contributed by atoms with Gasteiger partial charge in [0, 0.05) is 23.4 Å². The molecule has 0 atom stereocenters. The minimum atomic E-state index is 0.373. The number of ether oxygens (including phenoxy) is 1. The summed E-state index contributed by atoms with van der Waals surface area (Å²) in [5, 5.41) is 11.9. The summed E-state index contributed by atoms with van der Waals surface area (Å²) in [5.74, 6) is 1.56. The number of rotatable bonds is 7. The number of methoxy groups -OCH3 is 1. The average molecular weight is 297 g/mol. The Morgan fingerprint density at radius 2 is 1.86 bits per heavy atom. The third-order valence-electron chi connectivity index (χ3n) is 3.78. The summed E-state index contributed by atoms with van der Waals surface area (Å²) in [5.41, 5.74) is 2.13. The van der Waals surface area contributed by atoms with E-state index in [-0.39, 0.29) is 0 Å². The van der Waals surface area contributed by atoms with Crippen LogP contribution in [0.4, 0.5) is 5.82 Å². The zero-order valence-electron chi connectivity index (χ0n) is 13.4. The van der Waals surface area contributed by atoms with Crippen molar-refractivity contribution in [3.8, 4) is 5.75 Å². The lowest BCUT2D eigenvalue weighted by atomic mass is 10.0. The van der Waals surface area contributed by atoms with Crippen molar-refractivity contribution in [3.05, 3.63) is 53.7 Å². The Kier molecular flexibility index (Phi) is 5.53. The second kappa shape index (κ2) is 7.59. The van der Waals surface area contributed by atoms with E-state index in [1.807, 2.05) is 36.4 Å². The molecule has 0 saturated heterocycles. The monoisotopic (exact) mass is 297 g/mol. The maximum atomic E-state index is 8.48. The smallest absolute Gasteiger partial charge is 0.135 e. The van der Waals surface area contributed by atoms with Crippen molar-refractivity contribution in [2.45, 2.75) is 32.7 Å². The minimum Gasteiger partial charge on any atom is -0.497 e. The van der Waals surface area contributed by atoms with Crippen LogP contribution in [0.1, 0.15) is 37.8 Å². The van der Waals surface area contributed by atoms with Crippen molar-refractivity contribution < 1.29 is 4.74 Å². The number of hydrogen-bond acceptors (Lipinski definition) is 4. The first-order chi connectivity index (χ1) is 10.7. The quantitative estimate of drug-likeness (QED) is 0.756. The molecule has 2 aromatic rings. The molecule has 1 heterocycles. The van der Waals surface area contributed by atoms with Gasteiger partial charge in [0.2, 0.25) is 0 Å². The van der Waals surface area contributed by atoms with Gasteiger partial charge in [0.15, 0.2) is 0 Å². The van der Waals surface area contributed by atoms with E-state index in [0.29, 0.717) is 11.8 Å². The van der Waals surface area contributed by atoms with Crippen LogP contribution in [0.3, 0.4) is 0 Å². The first kappa shape index (κ1) is 16.0. The molecular weight excluding hydrogens is 274 g/mol. The van der Waals surface area contributed by atoms with Gasteiger partial charge in [-0.05, 0) is 49.2 Å². The normalized spacial score (nSPS) is 10.5. The summed E-state index contributed by atoms with van der Waals surface area (Å²) in [6.45, 7) is 4.30. The highest BCUT2D eigenvalue weighted by Gasteiger charge is 2.13. The summed E-state index contributed by atoms with van der Waals surface area (Å²) in [6, 6.07) is 11.7. The average Bonchev–Trinajstić information content (AvgIpc) is 2.59. The topological polar surface area (TPSA) is 58.0 Å². The highest BCUT2D eigenvalue weighted by molar-refractivity contribution is 6.13. The maximum absolute atomic E-state index is 8.48. The van der Waals surface area contributed by atoms with Gasteiger partial charge in [-0.2, -0.15) is 0 Å². The largest absolute Gasteiger partial charge is 0.497 e. The first-order valence-corrected chi connectivity index (χ1v) is 7.64. The summed E-state index contributed by atoms with van der Waals surface area (Å²) >= 11 is 0. The maximum Gasteiger partial charge on any atom is 0.135 e. The number of benzene rings is 1. The summed E-state index contributed by atoms with van der Waals surface area (Å²) in [7, 11) is 1.64. The highest BCUT2D eigenvalue weighted by atomic mass is 16.5. The molecule has 2 rings (SSSR count). The number of hydrogen-bond donors (Lipinski definition) is 2. The van der Waals surface area contributed by atoms with Gasteiger partial charge in [0.25, 0.3) is 0 Å². The van der Waals surface area contributed by atoms with Crippen LogP contribution in [-0.2, 0) is 0 Å². The Labute approximate surface area is 132 Å². The van der Waals surface area contributed by atoms with Gasteiger partial charge < -0.3 is 10.1 Å². The van der Waals surface area contributed by atoms with Crippen molar-refractivity contribution in [1.29, 1.82) is 5.41 Å². The highest BCUT2D eigenvalue weighted by Crippen LogP contribution is 2.20. The molecule has 0 aliphatic rings. The van der Waals surface area contributed by atoms with Crippen molar-refractivity contribution in [1.82, 2.24) is 4.98 Å². The fraction of sp³-hybridized carbons (Fsp3) is 0.333. The van der Waals surface area contributed by atoms with Gasteiger partial charge in [-0.1, -0.05) is 13.8 Å². The number of nitrogens with zero attached hydrogens (tertiary/aromatic N) is 1. The lowest BCUT2D eigenvalue weighted by Gasteiger charge is -2.18. The van der Waals surface area contributed by atoms with Crippen molar-refractivity contribution in [3.63, 3.8) is 0 Å². The van der Waals surface area contributed by atoms with Crippen molar-refractivity contribution in [2.24, 2.45) is 0 Å². The molecule has 2 N–H and O–H groups in total. The second-order valence-electron chi connectivity index (χ2n) is 5.16. The van der Waals surface area contributed by atoms with Gasteiger partial charge in [-0.25, -0.2) is 4.98 Å². The van der Waals surface area contributed by atoms with Crippen molar-refractivity contribution in [2.75, 3.05) is 12.4 Å². The lowest BCUT2D eigenvalue weighted by Crippen LogP contribution is -2.20. The molecule has 0 radical (unpaired) electrons. The lowest BCUT2D eigenvalue weighted by molar-refractivity contribution is 0.415. The number of pyridine rings is 1. The summed E-state index contributed by atoms with van der Waals surface area (Å²) in [4.78, 5) is 4.42. The zero-order chi connectivity index (χ0) is 15.9. The molecule has 116 valence electrons. The van der Waals surface area contributed by atoms with Crippen LogP contribution in [0.2, 0.25) is 0 Å². The van der Waals surface area contributed by atoms with E-state index >= 15 is 0 Å². The van der Waals surface area contributed by atoms with Crippen LogP contribution in [0.5, 0.6) is 5.75 Å². The molecule has 0 unspecified atom stereocenters. The predicted octanol–water partition coefficient (Wildman–Crippen LogP) is 4.11. The molecule has 0 fully saturated rings. The number of aromatic nitrogens is 1. The van der Waals surface area contributed by atoms with Gasteiger partial charge in [-0.3, -0.25) is 5.41 Å². The molecule has 0 spiro atoms. The van der Waals surface area contributed by atoms with E-state index in [2.05, 4.69) is 24.1 Å². The standard InChI is InChI=1S/C18H23N3O/c1-4-14(5-2)21-18-16(7-6-12-20-18)17(19)13-8-10-15(22-3)11-9-13/h6-12,14,19H,4-5H2,1-3H3,(H,20,21). The molecular formula is C18H23N3O. The van der Waals surface area contributed by atoms with E-state index in [0.717, 1.165) is 35.5 Å². The van der Waals surface area contributed by atoms with Crippen LogP contribution in [0.25, 0.3) is 0 Å². The van der Waals surface area contributed by atoms with Crippen LogP contribution in [0, 0.1) is 5.41 Å². The van der Waals surface area contributed by atoms with Gasteiger partial charge in [0.1, 0.15) is 11.6 Å².